The molecule has 4 unspecified atom stereocenters. The summed E-state index contributed by atoms with van der Waals surface area (Å²) in [5, 5.41) is 3.71. The number of hydrogen-bond donors (Lipinski definition) is 1. The van der Waals surface area contributed by atoms with E-state index in [9.17, 15) is 19.2 Å². The molecule has 1 aliphatic carbocycles. The number of fused-ring (bicyclic) bond motifs is 2. The number of rotatable bonds is 3. The maximum atomic E-state index is 13.8. The van der Waals surface area contributed by atoms with Gasteiger partial charge in [-0.25, -0.2) is 0 Å². The van der Waals surface area contributed by atoms with Gasteiger partial charge in [0.2, 0.25) is 11.8 Å². The van der Waals surface area contributed by atoms with Gasteiger partial charge in [-0.3, -0.25) is 24.2 Å². The van der Waals surface area contributed by atoms with Gasteiger partial charge in [0.05, 0.1) is 12.6 Å². The van der Waals surface area contributed by atoms with Gasteiger partial charge in [0.25, 0.3) is 11.8 Å². The van der Waals surface area contributed by atoms with Crippen molar-refractivity contribution >= 4 is 40.8 Å². The van der Waals surface area contributed by atoms with Gasteiger partial charge in [-0.1, -0.05) is 36.7 Å². The largest absolute Gasteiger partial charge is 0.347 e. The molecule has 4 amide bonds. The minimum Gasteiger partial charge on any atom is -0.347 e. The second kappa shape index (κ2) is 10.5. The number of nitrogens with one attached hydrogen (secondary N) is 1. The first-order valence-corrected chi connectivity index (χ1v) is 14.0. The predicted octanol–water partition coefficient (Wildman–Crippen LogP) is 2.54. The summed E-state index contributed by atoms with van der Waals surface area (Å²) >= 11 is 6.06. The number of carbonyl (C=O) groups is 4. The number of allylic oxidation sites excluding steroid dienone is 2. The van der Waals surface area contributed by atoms with E-state index in [2.05, 4.69) is 16.4 Å². The zero-order valence-electron chi connectivity index (χ0n) is 22.1. The Balaban J connectivity index is 1.21. The van der Waals surface area contributed by atoms with Crippen LogP contribution in [0.5, 0.6) is 0 Å². The number of pyridine rings is 1. The predicted molar refractivity (Wildman–Crippen MR) is 149 cm³/mol. The molecule has 0 bridgehead atoms. The van der Waals surface area contributed by atoms with Crippen molar-refractivity contribution in [2.24, 2.45) is 5.92 Å². The van der Waals surface area contributed by atoms with E-state index >= 15 is 0 Å². The number of carbonyl (C=O) groups excluding carboxylic acids is 4. The molecular formula is C30H30ClN5O4. The first-order valence-electron chi connectivity index (χ1n) is 13.6. The first-order chi connectivity index (χ1) is 19.3. The lowest BCUT2D eigenvalue weighted by Gasteiger charge is -2.41. The summed E-state index contributed by atoms with van der Waals surface area (Å²) in [7, 11) is 0. The number of likely N-dealkylation sites (tertiary alicyclic amines) is 1. The van der Waals surface area contributed by atoms with Crippen molar-refractivity contribution in [3.8, 4) is 0 Å². The smallest absolute Gasteiger partial charge is 0.254 e. The van der Waals surface area contributed by atoms with E-state index in [1.54, 1.807) is 39.2 Å². The lowest BCUT2D eigenvalue weighted by molar-refractivity contribution is -0.146. The molecule has 1 aromatic heterocycles. The molecule has 1 aromatic carbocycles. The summed E-state index contributed by atoms with van der Waals surface area (Å²) in [5.41, 5.74) is 2.88. The third-order valence-electron chi connectivity index (χ3n) is 8.32. The van der Waals surface area contributed by atoms with E-state index in [-0.39, 0.29) is 42.6 Å². The molecule has 4 heterocycles. The highest BCUT2D eigenvalue weighted by molar-refractivity contribution is 6.30. The monoisotopic (exact) mass is 559 g/mol. The summed E-state index contributed by atoms with van der Waals surface area (Å²) < 4.78 is 0. The minimum atomic E-state index is -0.798. The summed E-state index contributed by atoms with van der Waals surface area (Å²) in [6.45, 7) is 3.12. The lowest BCUT2D eigenvalue weighted by Crippen LogP contribution is -2.62. The van der Waals surface area contributed by atoms with Crippen LogP contribution in [0.3, 0.4) is 0 Å². The second-order valence-corrected chi connectivity index (χ2v) is 11.2. The van der Waals surface area contributed by atoms with Crippen molar-refractivity contribution < 1.29 is 19.2 Å². The lowest BCUT2D eigenvalue weighted by atomic mass is 9.84. The zero-order valence-corrected chi connectivity index (χ0v) is 22.9. The van der Waals surface area contributed by atoms with Crippen molar-refractivity contribution in [2.75, 3.05) is 26.2 Å². The minimum absolute atomic E-state index is 0.0933. The van der Waals surface area contributed by atoms with Gasteiger partial charge < -0.3 is 20.0 Å². The molecule has 3 aliphatic heterocycles. The maximum Gasteiger partial charge on any atom is 0.254 e. The fraction of sp³-hybridized carbons (Fsp3) is 0.367. The average Bonchev–Trinajstić information content (AvgIpc) is 3.44. The standard InChI is InChI=1S/C30H30ClN5O4/c1-18-15-21(19-4-6-22(31)7-5-19)16-23-26(18)33-27(37)25-17-34(13-14-36(25)29(23)39)30(40)24-3-2-12-35(24)28(38)20-8-10-32-11-9-20/h4-11,15-16,18,24-26H,2-3,12-14,17H2,1H3,(H,33,37). The summed E-state index contributed by atoms with van der Waals surface area (Å²) in [4.78, 5) is 62.9. The van der Waals surface area contributed by atoms with Gasteiger partial charge in [0, 0.05) is 48.2 Å². The quantitative estimate of drug-likeness (QED) is 0.622. The Bertz CT molecular complexity index is 1420. The van der Waals surface area contributed by atoms with Gasteiger partial charge in [-0.2, -0.15) is 0 Å². The summed E-state index contributed by atoms with van der Waals surface area (Å²) in [6, 6.07) is 8.90. The topological polar surface area (TPSA) is 103 Å². The van der Waals surface area contributed by atoms with Crippen molar-refractivity contribution in [1.29, 1.82) is 0 Å². The van der Waals surface area contributed by atoms with Crippen LogP contribution in [0.15, 0.2) is 66.5 Å². The number of piperazine rings is 1. The van der Waals surface area contributed by atoms with Gasteiger partial charge in [-0.15, -0.1) is 0 Å². The van der Waals surface area contributed by atoms with E-state index < -0.39 is 18.1 Å². The van der Waals surface area contributed by atoms with Crippen LogP contribution in [0.1, 0.15) is 35.7 Å². The highest BCUT2D eigenvalue weighted by Gasteiger charge is 2.46. The van der Waals surface area contributed by atoms with E-state index in [1.807, 2.05) is 37.3 Å². The molecule has 3 fully saturated rings. The van der Waals surface area contributed by atoms with Crippen LogP contribution in [0.25, 0.3) is 5.57 Å². The molecule has 0 spiro atoms. The molecule has 206 valence electrons. The van der Waals surface area contributed by atoms with Crippen molar-refractivity contribution in [3.05, 3.63) is 82.7 Å². The van der Waals surface area contributed by atoms with Crippen molar-refractivity contribution in [1.82, 2.24) is 25.0 Å². The number of amides is 4. The van der Waals surface area contributed by atoms with E-state index in [4.69, 9.17) is 11.6 Å². The Hall–Kier alpha value is -3.98. The summed E-state index contributed by atoms with van der Waals surface area (Å²) in [6.07, 6.45) is 8.33. The molecule has 1 N–H and O–H groups in total. The molecule has 0 saturated carbocycles. The maximum absolute atomic E-state index is 13.8. The van der Waals surface area contributed by atoms with Crippen molar-refractivity contribution in [3.63, 3.8) is 0 Å². The van der Waals surface area contributed by atoms with Crippen LogP contribution in [-0.4, -0.2) is 87.6 Å². The number of halogens is 1. The molecule has 9 nitrogen and oxygen atoms in total. The molecular weight excluding hydrogens is 530 g/mol. The first kappa shape index (κ1) is 26.3. The molecule has 6 rings (SSSR count). The van der Waals surface area contributed by atoms with E-state index in [1.165, 1.54) is 0 Å². The van der Waals surface area contributed by atoms with Gasteiger partial charge in [0.1, 0.15) is 12.1 Å². The molecule has 0 radical (unpaired) electrons. The summed E-state index contributed by atoms with van der Waals surface area (Å²) in [5.74, 6) is -0.953. The van der Waals surface area contributed by atoms with E-state index in [0.29, 0.717) is 35.7 Å². The van der Waals surface area contributed by atoms with Crippen LogP contribution in [0, 0.1) is 5.92 Å². The fourth-order valence-electron chi connectivity index (χ4n) is 6.20. The third kappa shape index (κ3) is 4.68. The van der Waals surface area contributed by atoms with Crippen LogP contribution in [0.4, 0.5) is 0 Å². The Labute approximate surface area is 237 Å². The second-order valence-electron chi connectivity index (χ2n) is 10.8. The average molecular weight is 560 g/mol. The molecule has 10 heteroatoms. The molecule has 4 atom stereocenters. The highest BCUT2D eigenvalue weighted by Crippen LogP contribution is 2.33. The van der Waals surface area contributed by atoms with Crippen LogP contribution < -0.4 is 5.32 Å². The molecule has 40 heavy (non-hydrogen) atoms. The Morgan fingerprint density at radius 1 is 1.02 bits per heavy atom. The Morgan fingerprint density at radius 3 is 2.52 bits per heavy atom. The normalized spacial score (nSPS) is 26.3. The van der Waals surface area contributed by atoms with Crippen LogP contribution >= 0.6 is 11.6 Å². The fourth-order valence-corrected chi connectivity index (χ4v) is 6.32. The number of nitrogens with zero attached hydrogens (tertiary/aromatic N) is 4. The van der Waals surface area contributed by atoms with Crippen molar-refractivity contribution in [2.45, 2.75) is 37.9 Å². The molecule has 3 saturated heterocycles. The van der Waals surface area contributed by atoms with Gasteiger partial charge in [-0.05, 0) is 60.2 Å². The zero-order chi connectivity index (χ0) is 28.0. The van der Waals surface area contributed by atoms with Gasteiger partial charge >= 0.3 is 0 Å². The number of aromatic nitrogens is 1. The third-order valence-corrected chi connectivity index (χ3v) is 8.57. The SMILES string of the molecule is CC1C=C(c2ccc(Cl)cc2)C=C2C(=O)N3CCN(C(=O)C4CCCN4C(=O)c4ccncc4)CC3C(=O)NC21. The molecule has 4 aliphatic rings. The van der Waals surface area contributed by atoms with Crippen LogP contribution in [-0.2, 0) is 14.4 Å². The van der Waals surface area contributed by atoms with Gasteiger partial charge in [0.15, 0.2) is 0 Å². The number of benzene rings is 1. The van der Waals surface area contributed by atoms with Crippen LogP contribution in [0.2, 0.25) is 5.02 Å². The number of hydrogen-bond acceptors (Lipinski definition) is 5. The van der Waals surface area contributed by atoms with E-state index in [0.717, 1.165) is 17.6 Å². The highest BCUT2D eigenvalue weighted by atomic mass is 35.5. The molecule has 2 aromatic rings. The Kier molecular flexibility index (Phi) is 6.92. The Morgan fingerprint density at radius 2 is 1.77 bits per heavy atom.